The van der Waals surface area contributed by atoms with Crippen molar-refractivity contribution in [1.29, 1.82) is 0 Å². The van der Waals surface area contributed by atoms with Crippen molar-refractivity contribution < 1.29 is 0 Å². The predicted molar refractivity (Wildman–Crippen MR) is 35.7 cm³/mol. The minimum Gasteiger partial charge on any atom is -0.0941 e. The Kier molecular flexibility index (Phi) is 6.36. The zero-order chi connectivity index (χ0) is 4.83. The zero-order valence-electron chi connectivity index (χ0n) is 4.10. The molecule has 0 heterocycles. The summed E-state index contributed by atoms with van der Waals surface area (Å²) in [5.41, 5.74) is 0. The SMILES string of the molecule is C[CH]SSCC. The van der Waals surface area contributed by atoms with Crippen molar-refractivity contribution in [3.63, 3.8) is 0 Å². The average molecular weight is 121 g/mol. The standard InChI is InChI=1S/C4H9S2/c1-3-5-6-4-2/h3H,4H2,1-2H3. The maximum absolute atomic E-state index is 2.15. The number of hydrogen-bond donors (Lipinski definition) is 0. The van der Waals surface area contributed by atoms with E-state index in [0.29, 0.717) is 0 Å². The number of rotatable bonds is 3. The van der Waals surface area contributed by atoms with E-state index >= 15 is 0 Å². The van der Waals surface area contributed by atoms with Crippen LogP contribution in [-0.2, 0) is 0 Å². The molecule has 0 spiro atoms. The van der Waals surface area contributed by atoms with Crippen LogP contribution in [-0.4, -0.2) is 5.75 Å². The van der Waals surface area contributed by atoms with Crippen LogP contribution in [0, 0.1) is 5.75 Å². The molecule has 0 fully saturated rings. The third kappa shape index (κ3) is 4.70. The highest BCUT2D eigenvalue weighted by molar-refractivity contribution is 8.77. The summed E-state index contributed by atoms with van der Waals surface area (Å²) < 4.78 is 0. The van der Waals surface area contributed by atoms with Gasteiger partial charge in [-0.1, -0.05) is 35.4 Å². The van der Waals surface area contributed by atoms with E-state index in [1.54, 1.807) is 10.8 Å². The Balaban J connectivity index is 2.34. The van der Waals surface area contributed by atoms with Crippen LogP contribution < -0.4 is 0 Å². The molecule has 0 unspecified atom stereocenters. The van der Waals surface area contributed by atoms with E-state index in [4.69, 9.17) is 0 Å². The van der Waals surface area contributed by atoms with Crippen molar-refractivity contribution in [3.8, 4) is 0 Å². The lowest BCUT2D eigenvalue weighted by atomic mass is 11.0. The first kappa shape index (κ1) is 6.70. The molecule has 0 atom stereocenters. The Morgan fingerprint density at radius 1 is 1.67 bits per heavy atom. The van der Waals surface area contributed by atoms with Crippen molar-refractivity contribution >= 4 is 21.6 Å². The molecule has 2 heteroatoms. The van der Waals surface area contributed by atoms with Gasteiger partial charge >= 0.3 is 0 Å². The van der Waals surface area contributed by atoms with E-state index in [9.17, 15) is 0 Å². The highest BCUT2D eigenvalue weighted by Gasteiger charge is 1.75. The fourth-order valence-electron chi connectivity index (χ4n) is 0.136. The smallest absolute Gasteiger partial charge is 0.0247 e. The second-order valence-electron chi connectivity index (χ2n) is 0.738. The molecule has 0 saturated heterocycles. The first-order chi connectivity index (χ1) is 2.91. The normalized spacial score (nSPS) is 9.00. The topological polar surface area (TPSA) is 0 Å². The molecule has 37 valence electrons. The summed E-state index contributed by atoms with van der Waals surface area (Å²) in [6.45, 7) is 4.20. The van der Waals surface area contributed by atoms with Crippen LogP contribution in [0.4, 0.5) is 0 Å². The number of hydrogen-bond acceptors (Lipinski definition) is 2. The summed E-state index contributed by atoms with van der Waals surface area (Å²) in [7, 11) is 3.67. The van der Waals surface area contributed by atoms with Gasteiger partial charge in [0.05, 0.1) is 0 Å². The largest absolute Gasteiger partial charge is 0.0941 e. The second kappa shape index (κ2) is 5.70. The molecular formula is C4H9S2. The monoisotopic (exact) mass is 121 g/mol. The van der Waals surface area contributed by atoms with Crippen LogP contribution in [0.15, 0.2) is 0 Å². The molecule has 1 radical (unpaired) electrons. The van der Waals surface area contributed by atoms with Gasteiger partial charge in [0.1, 0.15) is 0 Å². The summed E-state index contributed by atoms with van der Waals surface area (Å²) in [5, 5.41) is 0. The van der Waals surface area contributed by atoms with Gasteiger partial charge in [-0.25, -0.2) is 0 Å². The molecule has 0 N–H and O–H groups in total. The van der Waals surface area contributed by atoms with Crippen LogP contribution in [0.2, 0.25) is 0 Å². The van der Waals surface area contributed by atoms with Crippen molar-refractivity contribution in [1.82, 2.24) is 0 Å². The molecular weight excluding hydrogens is 112 g/mol. The average Bonchev–Trinajstić information content (AvgIpc) is 1.61. The Labute approximate surface area is 47.5 Å². The first-order valence-electron chi connectivity index (χ1n) is 1.98. The van der Waals surface area contributed by atoms with Gasteiger partial charge < -0.3 is 0 Å². The lowest BCUT2D eigenvalue weighted by Crippen LogP contribution is -1.54. The lowest BCUT2D eigenvalue weighted by molar-refractivity contribution is 1.54. The second-order valence-corrected chi connectivity index (χ2v) is 3.50. The van der Waals surface area contributed by atoms with Crippen LogP contribution in [0.3, 0.4) is 0 Å². The third-order valence-electron chi connectivity index (χ3n) is 0.282. The van der Waals surface area contributed by atoms with Gasteiger partial charge in [0, 0.05) is 11.5 Å². The van der Waals surface area contributed by atoms with E-state index in [2.05, 4.69) is 12.7 Å². The molecule has 0 nitrogen and oxygen atoms in total. The van der Waals surface area contributed by atoms with Crippen LogP contribution >= 0.6 is 21.6 Å². The van der Waals surface area contributed by atoms with Gasteiger partial charge in [-0.05, 0) is 0 Å². The maximum Gasteiger partial charge on any atom is 0.0247 e. The fraction of sp³-hybridized carbons (Fsp3) is 0.750. The van der Waals surface area contributed by atoms with Crippen LogP contribution in [0.25, 0.3) is 0 Å². The Bertz CT molecular complexity index is 17.5. The quantitative estimate of drug-likeness (QED) is 0.416. The van der Waals surface area contributed by atoms with E-state index in [-0.39, 0.29) is 0 Å². The first-order valence-corrected chi connectivity index (χ1v) is 4.36. The lowest BCUT2D eigenvalue weighted by Gasteiger charge is -1.85. The van der Waals surface area contributed by atoms with E-state index in [1.165, 1.54) is 5.75 Å². The van der Waals surface area contributed by atoms with Crippen molar-refractivity contribution in [2.75, 3.05) is 5.75 Å². The van der Waals surface area contributed by atoms with Gasteiger partial charge in [0.15, 0.2) is 0 Å². The molecule has 0 bridgehead atoms. The highest BCUT2D eigenvalue weighted by Crippen LogP contribution is 2.21. The summed E-state index contributed by atoms with van der Waals surface area (Å²) in [6.07, 6.45) is 0. The van der Waals surface area contributed by atoms with Crippen molar-refractivity contribution in [2.24, 2.45) is 0 Å². The molecule has 0 amide bonds. The van der Waals surface area contributed by atoms with Crippen molar-refractivity contribution in [2.45, 2.75) is 13.8 Å². The van der Waals surface area contributed by atoms with E-state index in [0.717, 1.165) is 0 Å². The highest BCUT2D eigenvalue weighted by atomic mass is 33.1. The predicted octanol–water partition coefficient (Wildman–Crippen LogP) is 2.57. The molecule has 0 rings (SSSR count). The Morgan fingerprint density at radius 3 is 2.50 bits per heavy atom. The molecule has 0 saturated carbocycles. The van der Waals surface area contributed by atoms with Gasteiger partial charge in [-0.2, -0.15) is 0 Å². The van der Waals surface area contributed by atoms with Gasteiger partial charge in [0.25, 0.3) is 0 Å². The summed E-state index contributed by atoms with van der Waals surface area (Å²) in [5.74, 6) is 3.29. The van der Waals surface area contributed by atoms with Gasteiger partial charge in [-0.3, -0.25) is 0 Å². The minimum atomic E-state index is 1.20. The van der Waals surface area contributed by atoms with E-state index in [1.807, 2.05) is 17.7 Å². The molecule has 0 aromatic rings. The Hall–Kier alpha value is 0.700. The maximum atomic E-state index is 2.15. The molecule has 0 aliphatic heterocycles. The molecule has 0 aromatic carbocycles. The van der Waals surface area contributed by atoms with Gasteiger partial charge in [-0.15, -0.1) is 0 Å². The summed E-state index contributed by atoms with van der Waals surface area (Å²) in [6, 6.07) is 0. The molecule has 6 heavy (non-hydrogen) atoms. The van der Waals surface area contributed by atoms with E-state index < -0.39 is 0 Å². The Morgan fingerprint density at radius 2 is 2.33 bits per heavy atom. The summed E-state index contributed by atoms with van der Waals surface area (Å²) >= 11 is 0. The molecule has 0 aromatic heterocycles. The fourth-order valence-corrected chi connectivity index (χ4v) is 1.22. The van der Waals surface area contributed by atoms with Crippen LogP contribution in [0.5, 0.6) is 0 Å². The van der Waals surface area contributed by atoms with Crippen molar-refractivity contribution in [3.05, 3.63) is 5.75 Å². The van der Waals surface area contributed by atoms with Gasteiger partial charge in [0.2, 0.25) is 0 Å². The van der Waals surface area contributed by atoms with Crippen LogP contribution in [0.1, 0.15) is 13.8 Å². The molecule has 0 aliphatic carbocycles. The molecule has 0 aliphatic rings. The third-order valence-corrected chi connectivity index (χ3v) is 2.54. The summed E-state index contributed by atoms with van der Waals surface area (Å²) in [4.78, 5) is 0. The zero-order valence-corrected chi connectivity index (χ0v) is 5.73. The minimum absolute atomic E-state index is 1.20.